The number of methoxy groups -OCH3 is 1. The van der Waals surface area contributed by atoms with Crippen LogP contribution in [0, 0.1) is 6.92 Å². The monoisotopic (exact) mass is 380 g/mol. The smallest absolute Gasteiger partial charge is 0.170 e. The third-order valence-corrected chi connectivity index (χ3v) is 5.01. The van der Waals surface area contributed by atoms with E-state index in [0.717, 1.165) is 23.7 Å². The predicted octanol–water partition coefficient (Wildman–Crippen LogP) is 4.88. The van der Waals surface area contributed by atoms with E-state index in [1.807, 2.05) is 23.9 Å². The molecule has 2 aromatic carbocycles. The maximum absolute atomic E-state index is 6.10. The number of benzene rings is 2. The maximum atomic E-state index is 6.10. The van der Waals surface area contributed by atoms with E-state index in [2.05, 4.69) is 41.8 Å². The van der Waals surface area contributed by atoms with Crippen LogP contribution < -0.4 is 15.4 Å². The van der Waals surface area contributed by atoms with Gasteiger partial charge in [-0.2, -0.15) is 11.8 Å². The standard InChI is InChI=1S/C18H21ClN2OS2/c1-13-5-3-4-6-14(13)12-24-10-9-20-18(23)21-15-7-8-17(22-2)16(19)11-15/h3-8,11H,9-10,12H2,1-2H3,(H2,20,21,23). The number of hydrogen-bond acceptors (Lipinski definition) is 3. The number of halogens is 1. The first kappa shape index (κ1) is 18.9. The maximum Gasteiger partial charge on any atom is 0.170 e. The van der Waals surface area contributed by atoms with E-state index in [9.17, 15) is 0 Å². The van der Waals surface area contributed by atoms with Crippen LogP contribution in [-0.2, 0) is 5.75 Å². The first-order chi connectivity index (χ1) is 11.6. The molecule has 0 radical (unpaired) electrons. The van der Waals surface area contributed by atoms with Crippen molar-refractivity contribution in [1.29, 1.82) is 0 Å². The van der Waals surface area contributed by atoms with Gasteiger partial charge in [0.1, 0.15) is 5.75 Å². The average molecular weight is 381 g/mol. The summed E-state index contributed by atoms with van der Waals surface area (Å²) in [6.45, 7) is 2.96. The number of thioether (sulfide) groups is 1. The van der Waals surface area contributed by atoms with Crippen molar-refractivity contribution in [2.24, 2.45) is 0 Å². The predicted molar refractivity (Wildman–Crippen MR) is 110 cm³/mol. The lowest BCUT2D eigenvalue weighted by Crippen LogP contribution is -2.30. The lowest BCUT2D eigenvalue weighted by Gasteiger charge is -2.12. The van der Waals surface area contributed by atoms with Crippen LogP contribution in [0.2, 0.25) is 5.02 Å². The summed E-state index contributed by atoms with van der Waals surface area (Å²) in [5.41, 5.74) is 3.56. The van der Waals surface area contributed by atoms with Gasteiger partial charge < -0.3 is 15.4 Å². The molecule has 0 unspecified atom stereocenters. The molecule has 2 rings (SSSR count). The molecule has 0 heterocycles. The zero-order valence-electron chi connectivity index (χ0n) is 13.8. The van der Waals surface area contributed by atoms with Crippen molar-refractivity contribution in [2.75, 3.05) is 24.7 Å². The van der Waals surface area contributed by atoms with Crippen LogP contribution in [0.25, 0.3) is 0 Å². The fourth-order valence-electron chi connectivity index (χ4n) is 2.11. The van der Waals surface area contributed by atoms with Crippen molar-refractivity contribution in [1.82, 2.24) is 5.32 Å². The Kier molecular flexibility index (Phi) is 7.69. The molecule has 0 aromatic heterocycles. The minimum Gasteiger partial charge on any atom is -0.495 e. The van der Waals surface area contributed by atoms with Gasteiger partial charge in [-0.15, -0.1) is 0 Å². The van der Waals surface area contributed by atoms with E-state index in [1.54, 1.807) is 13.2 Å². The van der Waals surface area contributed by atoms with Crippen LogP contribution in [0.3, 0.4) is 0 Å². The average Bonchev–Trinajstić information content (AvgIpc) is 2.56. The van der Waals surface area contributed by atoms with Crippen LogP contribution in [0.4, 0.5) is 5.69 Å². The Balaban J connectivity index is 1.68. The minimum absolute atomic E-state index is 0.555. The zero-order valence-corrected chi connectivity index (χ0v) is 16.2. The van der Waals surface area contributed by atoms with Gasteiger partial charge in [0.25, 0.3) is 0 Å². The second-order valence-electron chi connectivity index (χ2n) is 5.21. The molecule has 2 aromatic rings. The molecule has 0 aliphatic carbocycles. The third-order valence-electron chi connectivity index (χ3n) is 3.46. The van der Waals surface area contributed by atoms with E-state index >= 15 is 0 Å². The van der Waals surface area contributed by atoms with Crippen molar-refractivity contribution >= 4 is 46.4 Å². The van der Waals surface area contributed by atoms with Crippen LogP contribution in [0.5, 0.6) is 5.75 Å². The highest BCUT2D eigenvalue weighted by atomic mass is 35.5. The first-order valence-electron chi connectivity index (χ1n) is 7.61. The molecule has 128 valence electrons. The highest BCUT2D eigenvalue weighted by molar-refractivity contribution is 7.98. The lowest BCUT2D eigenvalue weighted by atomic mass is 10.1. The summed E-state index contributed by atoms with van der Waals surface area (Å²) in [5.74, 6) is 2.65. The summed E-state index contributed by atoms with van der Waals surface area (Å²) in [4.78, 5) is 0. The molecule has 0 bridgehead atoms. The molecular formula is C18H21ClN2OS2. The quantitative estimate of drug-likeness (QED) is 0.528. The largest absolute Gasteiger partial charge is 0.495 e. The SMILES string of the molecule is COc1ccc(NC(=S)NCCSCc2ccccc2C)cc1Cl. The lowest BCUT2D eigenvalue weighted by molar-refractivity contribution is 0.415. The summed E-state index contributed by atoms with van der Waals surface area (Å²) in [5, 5.41) is 7.47. The van der Waals surface area contributed by atoms with Gasteiger partial charge in [-0.3, -0.25) is 0 Å². The topological polar surface area (TPSA) is 33.3 Å². The van der Waals surface area contributed by atoms with Crippen LogP contribution in [0.15, 0.2) is 42.5 Å². The summed E-state index contributed by atoms with van der Waals surface area (Å²) in [6.07, 6.45) is 0. The van der Waals surface area contributed by atoms with E-state index < -0.39 is 0 Å². The second kappa shape index (κ2) is 9.77. The molecule has 0 saturated carbocycles. The summed E-state index contributed by atoms with van der Waals surface area (Å²) >= 11 is 13.3. The minimum atomic E-state index is 0.555. The molecule has 0 fully saturated rings. The fourth-order valence-corrected chi connectivity index (χ4v) is 3.52. The second-order valence-corrected chi connectivity index (χ2v) is 7.13. The van der Waals surface area contributed by atoms with Gasteiger partial charge in [0, 0.05) is 23.7 Å². The number of hydrogen-bond donors (Lipinski definition) is 2. The Hall–Kier alpha value is -1.43. The van der Waals surface area contributed by atoms with Gasteiger partial charge in [-0.05, 0) is 48.5 Å². The van der Waals surface area contributed by atoms with Crippen molar-refractivity contribution in [3.63, 3.8) is 0 Å². The molecule has 2 N–H and O–H groups in total. The van der Waals surface area contributed by atoms with E-state index in [-0.39, 0.29) is 0 Å². The zero-order chi connectivity index (χ0) is 17.4. The van der Waals surface area contributed by atoms with Crippen molar-refractivity contribution in [3.05, 3.63) is 58.6 Å². The Morgan fingerprint density at radius 2 is 2.04 bits per heavy atom. The normalized spacial score (nSPS) is 10.3. The van der Waals surface area contributed by atoms with Crippen molar-refractivity contribution in [2.45, 2.75) is 12.7 Å². The fraction of sp³-hybridized carbons (Fsp3) is 0.278. The number of ether oxygens (including phenoxy) is 1. The summed E-state index contributed by atoms with van der Waals surface area (Å²) in [6, 6.07) is 14.0. The number of thiocarbonyl (C=S) groups is 1. The van der Waals surface area contributed by atoms with Gasteiger partial charge in [-0.25, -0.2) is 0 Å². The molecule has 6 heteroatoms. The van der Waals surface area contributed by atoms with Gasteiger partial charge in [0.05, 0.1) is 12.1 Å². The third kappa shape index (κ3) is 5.89. The Morgan fingerprint density at radius 1 is 1.25 bits per heavy atom. The molecule has 0 atom stereocenters. The molecule has 0 saturated heterocycles. The van der Waals surface area contributed by atoms with E-state index in [4.69, 9.17) is 28.6 Å². The highest BCUT2D eigenvalue weighted by Crippen LogP contribution is 2.27. The molecular weight excluding hydrogens is 360 g/mol. The van der Waals surface area contributed by atoms with E-state index in [1.165, 1.54) is 11.1 Å². The molecule has 0 aliphatic rings. The molecule has 24 heavy (non-hydrogen) atoms. The number of rotatable bonds is 7. The Bertz CT molecular complexity index is 694. The Morgan fingerprint density at radius 3 is 2.75 bits per heavy atom. The van der Waals surface area contributed by atoms with Gasteiger partial charge >= 0.3 is 0 Å². The number of aryl methyl sites for hydroxylation is 1. The van der Waals surface area contributed by atoms with E-state index in [0.29, 0.717) is 15.9 Å². The number of anilines is 1. The van der Waals surface area contributed by atoms with Crippen LogP contribution in [-0.4, -0.2) is 24.5 Å². The van der Waals surface area contributed by atoms with Gasteiger partial charge in [-0.1, -0.05) is 35.9 Å². The van der Waals surface area contributed by atoms with Gasteiger partial charge in [0.2, 0.25) is 0 Å². The first-order valence-corrected chi connectivity index (χ1v) is 9.55. The van der Waals surface area contributed by atoms with Crippen LogP contribution >= 0.6 is 35.6 Å². The highest BCUT2D eigenvalue weighted by Gasteiger charge is 2.03. The molecule has 3 nitrogen and oxygen atoms in total. The summed E-state index contributed by atoms with van der Waals surface area (Å²) < 4.78 is 5.13. The van der Waals surface area contributed by atoms with Crippen molar-refractivity contribution < 1.29 is 4.74 Å². The molecule has 0 aliphatic heterocycles. The van der Waals surface area contributed by atoms with Gasteiger partial charge in [0.15, 0.2) is 5.11 Å². The summed E-state index contributed by atoms with van der Waals surface area (Å²) in [7, 11) is 1.59. The Labute approximate surface area is 158 Å². The molecule has 0 spiro atoms. The van der Waals surface area contributed by atoms with Crippen molar-refractivity contribution in [3.8, 4) is 5.75 Å². The molecule has 0 amide bonds. The number of nitrogens with one attached hydrogen (secondary N) is 2. The van der Waals surface area contributed by atoms with Crippen LogP contribution in [0.1, 0.15) is 11.1 Å².